The van der Waals surface area contributed by atoms with Crippen LogP contribution in [0.15, 0.2) is 76.9 Å². The van der Waals surface area contributed by atoms with E-state index in [-0.39, 0.29) is 6.73 Å². The molecule has 5 nitrogen and oxygen atoms in total. The van der Waals surface area contributed by atoms with Gasteiger partial charge in [-0.3, -0.25) is 0 Å². The minimum Gasteiger partial charge on any atom is -0.315 e. The number of pyridine rings is 1. The summed E-state index contributed by atoms with van der Waals surface area (Å²) in [6.45, 7) is 0.153. The van der Waals surface area contributed by atoms with Crippen molar-refractivity contribution in [1.29, 1.82) is 0 Å². The minimum absolute atomic E-state index is 0.153. The third-order valence-electron chi connectivity index (χ3n) is 3.86. The van der Waals surface area contributed by atoms with Crippen molar-refractivity contribution >= 4 is 34.0 Å². The van der Waals surface area contributed by atoms with Crippen LogP contribution in [0.4, 0.5) is 0 Å². The summed E-state index contributed by atoms with van der Waals surface area (Å²) >= 11 is 5.15. The van der Waals surface area contributed by atoms with Crippen molar-refractivity contribution in [3.8, 4) is 5.88 Å². The number of hydrazine groups is 1. The quantitative estimate of drug-likeness (QED) is 0.181. The maximum atomic E-state index is 5.24. The van der Waals surface area contributed by atoms with Gasteiger partial charge in [-0.2, -0.15) is 4.89 Å². The number of hydrogen-bond acceptors (Lipinski definition) is 8. The number of nitrogens with zero attached hydrogens (tertiary/aromatic N) is 1. The molecular weight excluding hydrogens is 398 g/mol. The van der Waals surface area contributed by atoms with Crippen molar-refractivity contribution in [1.82, 2.24) is 15.8 Å². The van der Waals surface area contributed by atoms with Gasteiger partial charge in [0.2, 0.25) is 0 Å². The molecule has 4 rings (SSSR count). The Hall–Kier alpha value is -2.07. The Balaban J connectivity index is 1.52. The molecule has 0 aliphatic carbocycles. The molecule has 4 heterocycles. The maximum absolute atomic E-state index is 5.24. The van der Waals surface area contributed by atoms with E-state index in [2.05, 4.69) is 68.4 Å². The lowest BCUT2D eigenvalue weighted by Gasteiger charge is -2.32. The average molecular weight is 416 g/mol. The van der Waals surface area contributed by atoms with Crippen LogP contribution < -0.4 is 15.7 Å². The summed E-state index contributed by atoms with van der Waals surface area (Å²) in [5, 5.41) is 6.27. The molecule has 4 aromatic rings. The molecule has 2 N–H and O–H groups in total. The summed E-state index contributed by atoms with van der Waals surface area (Å²) in [5.41, 5.74) is 6.16. The standard InChI is InChI=1S/C19H17N3O2S3/c1-2-10-20-18(9-1)24-23-14-21-22-19(15-6-3-11-25-15,16-7-4-12-26-16)17-8-5-13-27-17/h1-13,21-22H,14H2. The zero-order valence-corrected chi connectivity index (χ0v) is 16.7. The van der Waals surface area contributed by atoms with Crippen molar-refractivity contribution in [3.63, 3.8) is 0 Å². The van der Waals surface area contributed by atoms with Gasteiger partial charge >= 0.3 is 0 Å². The van der Waals surface area contributed by atoms with E-state index in [0.29, 0.717) is 5.88 Å². The topological polar surface area (TPSA) is 55.4 Å². The lowest BCUT2D eigenvalue weighted by molar-refractivity contribution is -0.218. The van der Waals surface area contributed by atoms with Gasteiger partial charge in [-0.25, -0.2) is 15.8 Å². The molecule has 0 aromatic carbocycles. The van der Waals surface area contributed by atoms with E-state index in [1.165, 1.54) is 14.6 Å². The molecule has 0 spiro atoms. The summed E-state index contributed by atoms with van der Waals surface area (Å²) in [7, 11) is 0. The van der Waals surface area contributed by atoms with Crippen LogP contribution in [0.25, 0.3) is 0 Å². The first-order chi connectivity index (χ1) is 13.4. The first-order valence-electron chi connectivity index (χ1n) is 8.22. The number of nitrogens with one attached hydrogen (secondary N) is 2. The molecule has 0 amide bonds. The fraction of sp³-hybridized carbons (Fsp3) is 0.105. The Labute approximate surface area is 169 Å². The fourth-order valence-corrected chi connectivity index (χ4v) is 5.63. The molecule has 8 heteroatoms. The summed E-state index contributed by atoms with van der Waals surface area (Å²) in [5.74, 6) is 0.417. The highest BCUT2D eigenvalue weighted by atomic mass is 32.1. The molecule has 0 saturated carbocycles. The second-order valence-electron chi connectivity index (χ2n) is 5.50. The molecule has 0 saturated heterocycles. The van der Waals surface area contributed by atoms with Crippen LogP contribution in [0, 0.1) is 0 Å². The van der Waals surface area contributed by atoms with Crippen LogP contribution in [-0.2, 0) is 10.4 Å². The molecule has 4 aromatic heterocycles. The van der Waals surface area contributed by atoms with Gasteiger partial charge in [-0.15, -0.1) is 34.0 Å². The molecule has 0 atom stereocenters. The van der Waals surface area contributed by atoms with Gasteiger partial charge in [0.05, 0.1) is 0 Å². The van der Waals surface area contributed by atoms with E-state index in [0.717, 1.165) is 0 Å². The Morgan fingerprint density at radius 1 is 0.815 bits per heavy atom. The molecule has 0 unspecified atom stereocenters. The minimum atomic E-state index is -0.481. The van der Waals surface area contributed by atoms with Gasteiger partial charge in [0.25, 0.3) is 5.88 Å². The summed E-state index contributed by atoms with van der Waals surface area (Å²) in [6.07, 6.45) is 1.65. The zero-order valence-electron chi connectivity index (χ0n) is 14.2. The number of thiophene rings is 3. The predicted molar refractivity (Wildman–Crippen MR) is 110 cm³/mol. The Morgan fingerprint density at radius 2 is 1.44 bits per heavy atom. The highest BCUT2D eigenvalue weighted by molar-refractivity contribution is 7.13. The Kier molecular flexibility index (Phi) is 5.93. The summed E-state index contributed by atoms with van der Waals surface area (Å²) in [4.78, 5) is 18.1. The van der Waals surface area contributed by atoms with E-state index < -0.39 is 5.54 Å². The molecule has 0 fully saturated rings. The van der Waals surface area contributed by atoms with Crippen molar-refractivity contribution in [2.45, 2.75) is 5.54 Å². The van der Waals surface area contributed by atoms with Crippen LogP contribution in [0.2, 0.25) is 0 Å². The van der Waals surface area contributed by atoms with Crippen LogP contribution in [0.3, 0.4) is 0 Å². The van der Waals surface area contributed by atoms with Gasteiger partial charge in [-0.1, -0.05) is 24.3 Å². The van der Waals surface area contributed by atoms with E-state index in [9.17, 15) is 0 Å². The van der Waals surface area contributed by atoms with Crippen molar-refractivity contribution in [3.05, 3.63) is 91.6 Å². The number of rotatable bonds is 9. The highest BCUT2D eigenvalue weighted by Crippen LogP contribution is 2.42. The van der Waals surface area contributed by atoms with Crippen molar-refractivity contribution in [2.24, 2.45) is 0 Å². The highest BCUT2D eigenvalue weighted by Gasteiger charge is 2.39. The smallest absolute Gasteiger partial charge is 0.256 e. The maximum Gasteiger partial charge on any atom is 0.256 e. The van der Waals surface area contributed by atoms with E-state index in [1.807, 2.05) is 12.1 Å². The molecule has 0 aliphatic rings. The lowest BCUT2D eigenvalue weighted by Crippen LogP contribution is -2.51. The Bertz CT molecular complexity index is 827. The molecule has 0 radical (unpaired) electrons. The van der Waals surface area contributed by atoms with E-state index in [1.54, 1.807) is 46.3 Å². The molecule has 0 bridgehead atoms. The van der Waals surface area contributed by atoms with Crippen LogP contribution in [0.1, 0.15) is 14.6 Å². The molecule has 27 heavy (non-hydrogen) atoms. The van der Waals surface area contributed by atoms with Gasteiger partial charge in [0.1, 0.15) is 5.54 Å². The van der Waals surface area contributed by atoms with Crippen LogP contribution in [-0.4, -0.2) is 11.7 Å². The van der Waals surface area contributed by atoms with Gasteiger partial charge in [0.15, 0.2) is 6.73 Å². The largest absolute Gasteiger partial charge is 0.315 e. The number of hydrogen-bond donors (Lipinski definition) is 2. The normalized spacial score (nSPS) is 11.6. The predicted octanol–water partition coefficient (Wildman–Crippen LogP) is 4.62. The summed E-state index contributed by atoms with van der Waals surface area (Å²) < 4.78 is 0. The lowest BCUT2D eigenvalue weighted by atomic mass is 9.94. The van der Waals surface area contributed by atoms with Crippen LogP contribution >= 0.6 is 34.0 Å². The van der Waals surface area contributed by atoms with E-state index >= 15 is 0 Å². The first-order valence-corrected chi connectivity index (χ1v) is 10.9. The van der Waals surface area contributed by atoms with Gasteiger partial charge in [0, 0.05) is 26.9 Å². The molecule has 138 valence electrons. The SMILES string of the molecule is c1ccc(OOCNNC(c2cccs2)(c2cccs2)c2cccs2)nc1. The third kappa shape index (κ3) is 3.96. The number of aromatic nitrogens is 1. The first kappa shape index (κ1) is 18.3. The zero-order chi connectivity index (χ0) is 18.4. The second kappa shape index (κ2) is 8.75. The monoisotopic (exact) mass is 415 g/mol. The third-order valence-corrected chi connectivity index (χ3v) is 6.83. The van der Waals surface area contributed by atoms with Crippen LogP contribution in [0.5, 0.6) is 5.88 Å². The molecular formula is C19H17N3O2S3. The summed E-state index contributed by atoms with van der Waals surface area (Å²) in [6, 6.07) is 18.0. The van der Waals surface area contributed by atoms with Gasteiger partial charge < -0.3 is 4.89 Å². The van der Waals surface area contributed by atoms with Crippen molar-refractivity contribution in [2.75, 3.05) is 6.73 Å². The Morgan fingerprint density at radius 3 is 1.93 bits per heavy atom. The average Bonchev–Trinajstić information content (AvgIpc) is 3.49. The fourth-order valence-electron chi connectivity index (χ4n) is 2.71. The van der Waals surface area contributed by atoms with Gasteiger partial charge in [-0.05, 0) is 40.4 Å². The second-order valence-corrected chi connectivity index (χ2v) is 8.34. The van der Waals surface area contributed by atoms with E-state index in [4.69, 9.17) is 9.78 Å². The molecule has 0 aliphatic heterocycles. The van der Waals surface area contributed by atoms with Crippen molar-refractivity contribution < 1.29 is 9.78 Å².